The number of hydrogen-bond acceptors (Lipinski definition) is 1. The van der Waals surface area contributed by atoms with Gasteiger partial charge in [0, 0.05) is 12.8 Å². The topological polar surface area (TPSA) is 17.1 Å². The molecule has 0 bridgehead atoms. The summed E-state index contributed by atoms with van der Waals surface area (Å²) < 4.78 is 0. The maximum absolute atomic E-state index is 11.4. The minimum atomic E-state index is 0.466. The highest BCUT2D eigenvalue weighted by Crippen LogP contribution is 2.11. The van der Waals surface area contributed by atoms with Gasteiger partial charge in [-0.25, -0.2) is 0 Å². The highest BCUT2D eigenvalue weighted by atomic mass is 16.1. The highest BCUT2D eigenvalue weighted by Gasteiger charge is 2.03. The number of Topliss-reactive ketones (excluding diaryl/α,β-unsaturated/α-hetero) is 1. The molecule has 0 aromatic carbocycles. The zero-order valence-electron chi connectivity index (χ0n) is 11.0. The summed E-state index contributed by atoms with van der Waals surface area (Å²) in [6.07, 6.45) is 7.59. The van der Waals surface area contributed by atoms with Gasteiger partial charge >= 0.3 is 0 Å². The Hall–Kier alpha value is -0.330. The van der Waals surface area contributed by atoms with E-state index < -0.39 is 0 Å². The summed E-state index contributed by atoms with van der Waals surface area (Å²) in [5, 5.41) is 0. The van der Waals surface area contributed by atoms with Gasteiger partial charge < -0.3 is 0 Å². The van der Waals surface area contributed by atoms with Gasteiger partial charge in [0.25, 0.3) is 0 Å². The molecule has 0 atom stereocenters. The second kappa shape index (κ2) is 8.94. The first-order valence-electron chi connectivity index (χ1n) is 6.54. The van der Waals surface area contributed by atoms with E-state index in [1.54, 1.807) is 0 Å². The second-order valence-corrected chi connectivity index (χ2v) is 5.46. The molecule has 0 aromatic heterocycles. The van der Waals surface area contributed by atoms with Gasteiger partial charge in [-0.2, -0.15) is 0 Å². The number of unbranched alkanes of at least 4 members (excludes halogenated alkanes) is 2. The third kappa shape index (κ3) is 11.6. The SMILES string of the molecule is CC(C)CCCCCC(=O)CCC(C)C. The second-order valence-electron chi connectivity index (χ2n) is 5.46. The Balaban J connectivity index is 3.24. The molecular formula is C14H28O. The van der Waals surface area contributed by atoms with Gasteiger partial charge in [0.2, 0.25) is 0 Å². The van der Waals surface area contributed by atoms with Crippen LogP contribution in [0.25, 0.3) is 0 Å². The maximum Gasteiger partial charge on any atom is 0.132 e. The van der Waals surface area contributed by atoms with E-state index >= 15 is 0 Å². The van der Waals surface area contributed by atoms with Crippen molar-refractivity contribution in [2.75, 3.05) is 0 Å². The van der Waals surface area contributed by atoms with Crippen molar-refractivity contribution < 1.29 is 4.79 Å². The molecular weight excluding hydrogens is 184 g/mol. The fraction of sp³-hybridized carbons (Fsp3) is 0.929. The smallest absolute Gasteiger partial charge is 0.132 e. The summed E-state index contributed by atoms with van der Waals surface area (Å²) in [5.74, 6) is 1.93. The molecule has 0 unspecified atom stereocenters. The number of carbonyl (C=O) groups is 1. The van der Waals surface area contributed by atoms with Crippen molar-refractivity contribution in [2.45, 2.75) is 72.6 Å². The highest BCUT2D eigenvalue weighted by molar-refractivity contribution is 5.78. The summed E-state index contributed by atoms with van der Waals surface area (Å²) in [4.78, 5) is 11.4. The summed E-state index contributed by atoms with van der Waals surface area (Å²) in [6, 6.07) is 0. The van der Waals surface area contributed by atoms with Crippen LogP contribution in [-0.4, -0.2) is 5.78 Å². The van der Waals surface area contributed by atoms with Crippen molar-refractivity contribution in [2.24, 2.45) is 11.8 Å². The Kier molecular flexibility index (Phi) is 8.74. The van der Waals surface area contributed by atoms with Crippen molar-refractivity contribution in [1.82, 2.24) is 0 Å². The van der Waals surface area contributed by atoms with Gasteiger partial charge in [-0.3, -0.25) is 4.79 Å². The number of rotatable bonds is 9. The molecule has 1 nitrogen and oxygen atoms in total. The Bertz CT molecular complexity index is 159. The number of ketones is 1. The zero-order valence-corrected chi connectivity index (χ0v) is 11.0. The third-order valence-corrected chi connectivity index (χ3v) is 2.74. The largest absolute Gasteiger partial charge is 0.300 e. The van der Waals surface area contributed by atoms with E-state index in [4.69, 9.17) is 0 Å². The van der Waals surface area contributed by atoms with E-state index in [0.29, 0.717) is 11.7 Å². The molecule has 1 heteroatoms. The van der Waals surface area contributed by atoms with Crippen LogP contribution >= 0.6 is 0 Å². The van der Waals surface area contributed by atoms with Gasteiger partial charge in [0.1, 0.15) is 5.78 Å². The standard InChI is InChI=1S/C14H28O/c1-12(2)8-6-5-7-9-14(15)11-10-13(3)4/h12-13H,5-11H2,1-4H3. The molecule has 0 aliphatic heterocycles. The Morgan fingerprint density at radius 3 is 1.93 bits per heavy atom. The minimum absolute atomic E-state index is 0.466. The molecule has 0 rings (SSSR count). The van der Waals surface area contributed by atoms with Crippen LogP contribution in [0.1, 0.15) is 72.6 Å². The van der Waals surface area contributed by atoms with Gasteiger partial charge in [-0.15, -0.1) is 0 Å². The molecule has 0 fully saturated rings. The van der Waals surface area contributed by atoms with Crippen molar-refractivity contribution >= 4 is 5.78 Å². The lowest BCUT2D eigenvalue weighted by Gasteiger charge is -2.05. The van der Waals surface area contributed by atoms with Crippen molar-refractivity contribution in [1.29, 1.82) is 0 Å². The Morgan fingerprint density at radius 1 is 0.800 bits per heavy atom. The third-order valence-electron chi connectivity index (χ3n) is 2.74. The van der Waals surface area contributed by atoms with Crippen LogP contribution in [0.5, 0.6) is 0 Å². The van der Waals surface area contributed by atoms with Crippen LogP contribution in [-0.2, 0) is 4.79 Å². The van der Waals surface area contributed by atoms with Gasteiger partial charge in [0.05, 0.1) is 0 Å². The molecule has 0 aromatic rings. The van der Waals surface area contributed by atoms with Crippen LogP contribution < -0.4 is 0 Å². The maximum atomic E-state index is 11.4. The molecule has 0 heterocycles. The van der Waals surface area contributed by atoms with Crippen LogP contribution in [0, 0.1) is 11.8 Å². The lowest BCUT2D eigenvalue weighted by atomic mass is 10.0. The Morgan fingerprint density at radius 2 is 1.40 bits per heavy atom. The lowest BCUT2D eigenvalue weighted by Crippen LogP contribution is -2.00. The Labute approximate surface area is 95.6 Å². The first kappa shape index (κ1) is 14.7. The molecule has 0 N–H and O–H groups in total. The summed E-state index contributed by atoms with van der Waals surface area (Å²) in [6.45, 7) is 8.87. The van der Waals surface area contributed by atoms with E-state index in [-0.39, 0.29) is 0 Å². The first-order valence-corrected chi connectivity index (χ1v) is 6.54. The average Bonchev–Trinajstić information content (AvgIpc) is 2.13. The molecule has 0 aliphatic rings. The monoisotopic (exact) mass is 212 g/mol. The van der Waals surface area contributed by atoms with Crippen molar-refractivity contribution in [3.8, 4) is 0 Å². The van der Waals surface area contributed by atoms with Gasteiger partial charge in [-0.05, 0) is 24.7 Å². The average molecular weight is 212 g/mol. The van der Waals surface area contributed by atoms with E-state index in [2.05, 4.69) is 27.7 Å². The van der Waals surface area contributed by atoms with E-state index in [0.717, 1.165) is 31.6 Å². The van der Waals surface area contributed by atoms with E-state index in [9.17, 15) is 4.79 Å². The molecule has 0 aliphatic carbocycles. The number of hydrogen-bond donors (Lipinski definition) is 0. The van der Waals surface area contributed by atoms with Gasteiger partial charge in [0.15, 0.2) is 0 Å². The predicted molar refractivity (Wildman–Crippen MR) is 67.0 cm³/mol. The molecule has 0 radical (unpaired) electrons. The lowest BCUT2D eigenvalue weighted by molar-refractivity contribution is -0.119. The van der Waals surface area contributed by atoms with E-state index in [1.807, 2.05) is 0 Å². The van der Waals surface area contributed by atoms with Crippen molar-refractivity contribution in [3.05, 3.63) is 0 Å². The fourth-order valence-corrected chi connectivity index (χ4v) is 1.63. The molecule has 0 amide bonds. The first-order chi connectivity index (χ1) is 7.02. The zero-order chi connectivity index (χ0) is 11.7. The predicted octanol–water partition coefficient (Wildman–Crippen LogP) is 4.60. The normalized spacial score (nSPS) is 11.3. The molecule has 0 spiro atoms. The summed E-state index contributed by atoms with van der Waals surface area (Å²) in [5.41, 5.74) is 0. The van der Waals surface area contributed by atoms with Gasteiger partial charge in [-0.1, -0.05) is 47.0 Å². The van der Waals surface area contributed by atoms with Crippen LogP contribution in [0.15, 0.2) is 0 Å². The molecule has 15 heavy (non-hydrogen) atoms. The summed E-state index contributed by atoms with van der Waals surface area (Å²) in [7, 11) is 0. The van der Waals surface area contributed by atoms with E-state index in [1.165, 1.54) is 19.3 Å². The number of carbonyl (C=O) groups excluding carboxylic acids is 1. The van der Waals surface area contributed by atoms with Crippen LogP contribution in [0.4, 0.5) is 0 Å². The molecule has 0 saturated carbocycles. The van der Waals surface area contributed by atoms with Crippen molar-refractivity contribution in [3.63, 3.8) is 0 Å². The molecule has 0 saturated heterocycles. The quantitative estimate of drug-likeness (QED) is 0.511. The fourth-order valence-electron chi connectivity index (χ4n) is 1.63. The molecule has 90 valence electrons. The summed E-state index contributed by atoms with van der Waals surface area (Å²) >= 11 is 0. The minimum Gasteiger partial charge on any atom is -0.300 e. The van der Waals surface area contributed by atoms with Crippen LogP contribution in [0.2, 0.25) is 0 Å². The van der Waals surface area contributed by atoms with Crippen LogP contribution in [0.3, 0.4) is 0 Å².